The van der Waals surface area contributed by atoms with E-state index >= 15 is 0 Å². The lowest BCUT2D eigenvalue weighted by atomic mass is 10.1. The highest BCUT2D eigenvalue weighted by molar-refractivity contribution is 6.29. The molecule has 0 fully saturated rings. The monoisotopic (exact) mass is 354 g/mol. The van der Waals surface area contributed by atoms with Crippen LogP contribution < -0.4 is 5.56 Å². The number of aromatic nitrogens is 5. The van der Waals surface area contributed by atoms with Gasteiger partial charge >= 0.3 is 0 Å². The van der Waals surface area contributed by atoms with Gasteiger partial charge in [-0.25, -0.2) is 19.9 Å². The van der Waals surface area contributed by atoms with Gasteiger partial charge in [0.2, 0.25) is 0 Å². The van der Waals surface area contributed by atoms with Crippen LogP contribution in [0.4, 0.5) is 0 Å². The number of hydrogen-bond donors (Lipinski definition) is 1. The molecule has 3 aromatic rings. The van der Waals surface area contributed by atoms with Crippen LogP contribution >= 0.6 is 11.6 Å². The smallest absolute Gasteiger partial charge is 0.255 e. The largest absolute Gasteiger partial charge is 0.306 e. The maximum Gasteiger partial charge on any atom is 0.255 e. The zero-order valence-corrected chi connectivity index (χ0v) is 14.1. The first-order valence-electron chi connectivity index (χ1n) is 7.89. The van der Waals surface area contributed by atoms with Crippen molar-refractivity contribution in [3.63, 3.8) is 0 Å². The van der Waals surface area contributed by atoms with Gasteiger partial charge in [-0.1, -0.05) is 17.7 Å². The van der Waals surface area contributed by atoms with Crippen LogP contribution in [0.25, 0.3) is 11.4 Å². The Labute approximate surface area is 148 Å². The topological polar surface area (TPSA) is 87.7 Å². The first-order chi connectivity index (χ1) is 12.2. The van der Waals surface area contributed by atoms with Gasteiger partial charge in [-0.2, -0.15) is 0 Å². The van der Waals surface area contributed by atoms with Crippen LogP contribution in [0.1, 0.15) is 16.8 Å². The molecule has 4 rings (SSSR count). The van der Waals surface area contributed by atoms with Crippen LogP contribution in [0, 0.1) is 0 Å². The lowest BCUT2D eigenvalue weighted by molar-refractivity contribution is 0.241. The number of H-pyrrole nitrogens is 1. The molecular weight excluding hydrogens is 340 g/mol. The molecule has 0 amide bonds. The van der Waals surface area contributed by atoms with E-state index in [4.69, 9.17) is 11.6 Å². The zero-order valence-electron chi connectivity index (χ0n) is 13.3. The molecule has 0 saturated carbocycles. The molecule has 0 aliphatic carbocycles. The number of fused-ring (bicyclic) bond motifs is 1. The number of halogens is 1. The van der Waals surface area contributed by atoms with Crippen molar-refractivity contribution in [1.29, 1.82) is 0 Å². The summed E-state index contributed by atoms with van der Waals surface area (Å²) < 4.78 is 0. The second-order valence-electron chi connectivity index (χ2n) is 5.92. The van der Waals surface area contributed by atoms with Crippen molar-refractivity contribution in [1.82, 2.24) is 29.8 Å². The van der Waals surface area contributed by atoms with E-state index in [1.54, 1.807) is 24.7 Å². The molecule has 0 unspecified atom stereocenters. The summed E-state index contributed by atoms with van der Waals surface area (Å²) in [5, 5.41) is 0.478. The molecule has 3 aromatic heterocycles. The first-order valence-corrected chi connectivity index (χ1v) is 8.27. The van der Waals surface area contributed by atoms with Crippen molar-refractivity contribution in [3.8, 4) is 11.4 Å². The number of rotatable bonds is 3. The SMILES string of the molecule is O=c1[nH]c(-c2cncnc2)nc2c1CN(Cc1ccc(Cl)nc1)CC2. The average molecular weight is 355 g/mol. The molecule has 0 aromatic carbocycles. The summed E-state index contributed by atoms with van der Waals surface area (Å²) in [5.41, 5.74) is 3.22. The lowest BCUT2D eigenvalue weighted by Crippen LogP contribution is -2.35. The van der Waals surface area contributed by atoms with E-state index in [9.17, 15) is 4.79 Å². The van der Waals surface area contributed by atoms with E-state index < -0.39 is 0 Å². The fraction of sp³-hybridized carbons (Fsp3) is 0.235. The van der Waals surface area contributed by atoms with Gasteiger partial charge in [0.05, 0.1) is 16.8 Å². The molecule has 8 heteroatoms. The van der Waals surface area contributed by atoms with E-state index in [2.05, 4.69) is 29.8 Å². The molecule has 0 atom stereocenters. The molecular formula is C17H15ClN6O. The molecule has 4 heterocycles. The Bertz CT molecular complexity index is 942. The second-order valence-corrected chi connectivity index (χ2v) is 6.30. The van der Waals surface area contributed by atoms with Crippen molar-refractivity contribution in [3.05, 3.63) is 69.4 Å². The third kappa shape index (κ3) is 3.42. The summed E-state index contributed by atoms with van der Waals surface area (Å²) in [6, 6.07) is 3.73. The predicted molar refractivity (Wildman–Crippen MR) is 92.9 cm³/mol. The fourth-order valence-electron chi connectivity index (χ4n) is 2.93. The summed E-state index contributed by atoms with van der Waals surface area (Å²) in [6.07, 6.45) is 7.21. The summed E-state index contributed by atoms with van der Waals surface area (Å²) in [7, 11) is 0. The predicted octanol–water partition coefficient (Wildman–Crippen LogP) is 1.83. The van der Waals surface area contributed by atoms with Crippen molar-refractivity contribution in [2.45, 2.75) is 19.5 Å². The van der Waals surface area contributed by atoms with E-state index in [0.717, 1.165) is 30.8 Å². The Balaban J connectivity index is 1.57. The highest BCUT2D eigenvalue weighted by Gasteiger charge is 2.21. The van der Waals surface area contributed by atoms with Crippen molar-refractivity contribution < 1.29 is 0 Å². The summed E-state index contributed by atoms with van der Waals surface area (Å²) in [5.74, 6) is 0.514. The van der Waals surface area contributed by atoms with Crippen LogP contribution in [0.5, 0.6) is 0 Å². The third-order valence-corrected chi connectivity index (χ3v) is 4.40. The van der Waals surface area contributed by atoms with Crippen LogP contribution in [0.15, 0.2) is 41.8 Å². The summed E-state index contributed by atoms with van der Waals surface area (Å²) in [4.78, 5) is 34.2. The minimum Gasteiger partial charge on any atom is -0.306 e. The standard InChI is InChI=1S/C17H15ClN6O/c18-15-2-1-11(5-21-15)8-24-4-3-14-13(9-24)17(25)23-16(22-14)12-6-19-10-20-7-12/h1-2,5-7,10H,3-4,8-9H2,(H,22,23,25). The van der Waals surface area contributed by atoms with Crippen LogP contribution in [-0.2, 0) is 19.5 Å². The zero-order chi connectivity index (χ0) is 17.2. The summed E-state index contributed by atoms with van der Waals surface area (Å²) >= 11 is 5.82. The van der Waals surface area contributed by atoms with E-state index in [1.165, 1.54) is 6.33 Å². The lowest BCUT2D eigenvalue weighted by Gasteiger charge is -2.27. The number of nitrogens with zero attached hydrogens (tertiary/aromatic N) is 5. The second kappa shape index (κ2) is 6.70. The Kier molecular flexibility index (Phi) is 4.25. The van der Waals surface area contributed by atoms with Gasteiger partial charge in [-0.15, -0.1) is 0 Å². The van der Waals surface area contributed by atoms with E-state index in [1.807, 2.05) is 6.07 Å². The molecule has 0 spiro atoms. The van der Waals surface area contributed by atoms with Gasteiger partial charge in [0.15, 0.2) is 0 Å². The summed E-state index contributed by atoms with van der Waals surface area (Å²) in [6.45, 7) is 2.11. The minimum absolute atomic E-state index is 0.109. The van der Waals surface area contributed by atoms with Gasteiger partial charge in [0.1, 0.15) is 17.3 Å². The number of aromatic amines is 1. The highest BCUT2D eigenvalue weighted by Crippen LogP contribution is 2.19. The molecule has 0 saturated heterocycles. The molecule has 1 aliphatic rings. The van der Waals surface area contributed by atoms with Gasteiger partial charge in [-0.05, 0) is 11.6 Å². The van der Waals surface area contributed by atoms with Crippen molar-refractivity contribution in [2.24, 2.45) is 0 Å². The third-order valence-electron chi connectivity index (χ3n) is 4.18. The van der Waals surface area contributed by atoms with Crippen molar-refractivity contribution in [2.75, 3.05) is 6.54 Å². The van der Waals surface area contributed by atoms with E-state index in [-0.39, 0.29) is 5.56 Å². The minimum atomic E-state index is -0.109. The molecule has 126 valence electrons. The maximum absolute atomic E-state index is 12.5. The fourth-order valence-corrected chi connectivity index (χ4v) is 3.04. The molecule has 0 bridgehead atoms. The van der Waals surface area contributed by atoms with E-state index in [0.29, 0.717) is 28.6 Å². The Morgan fingerprint density at radius 2 is 2.04 bits per heavy atom. The Hall–Kier alpha value is -2.64. The number of hydrogen-bond acceptors (Lipinski definition) is 6. The first kappa shape index (κ1) is 15.9. The highest BCUT2D eigenvalue weighted by atomic mass is 35.5. The number of nitrogens with one attached hydrogen (secondary N) is 1. The van der Waals surface area contributed by atoms with Crippen LogP contribution in [0.2, 0.25) is 5.15 Å². The number of pyridine rings is 1. The van der Waals surface area contributed by atoms with Crippen LogP contribution in [0.3, 0.4) is 0 Å². The molecule has 7 nitrogen and oxygen atoms in total. The Morgan fingerprint density at radius 1 is 1.20 bits per heavy atom. The van der Waals surface area contributed by atoms with Gasteiger partial charge in [0.25, 0.3) is 5.56 Å². The normalized spacial score (nSPS) is 14.3. The Morgan fingerprint density at radius 3 is 2.80 bits per heavy atom. The van der Waals surface area contributed by atoms with Gasteiger partial charge in [-0.3, -0.25) is 9.69 Å². The molecule has 25 heavy (non-hydrogen) atoms. The average Bonchev–Trinajstić information content (AvgIpc) is 2.65. The molecule has 0 radical (unpaired) electrons. The maximum atomic E-state index is 12.5. The van der Waals surface area contributed by atoms with Gasteiger partial charge < -0.3 is 4.98 Å². The molecule has 1 N–H and O–H groups in total. The molecule has 1 aliphatic heterocycles. The quantitative estimate of drug-likeness (QED) is 0.722. The van der Waals surface area contributed by atoms with Crippen LogP contribution in [-0.4, -0.2) is 36.4 Å². The van der Waals surface area contributed by atoms with Gasteiger partial charge in [0, 0.05) is 44.6 Å². The van der Waals surface area contributed by atoms with Crippen molar-refractivity contribution >= 4 is 11.6 Å².